The van der Waals surface area contributed by atoms with Crippen molar-refractivity contribution in [1.82, 2.24) is 9.55 Å². The maximum atomic E-state index is 6.49. The van der Waals surface area contributed by atoms with E-state index in [0.29, 0.717) is 5.15 Å². The van der Waals surface area contributed by atoms with Gasteiger partial charge in [0.05, 0.1) is 7.11 Å². The van der Waals surface area contributed by atoms with Crippen LogP contribution >= 0.6 is 23.2 Å². The van der Waals surface area contributed by atoms with E-state index in [9.17, 15) is 0 Å². The standard InChI is InChI=1S/C20H17ClN2O2S/c1-24-15-8-6-14(7-9-15)12-13-23-19(21)11-10-18-20(23)22-16-4-2-3-5-17(16)25-26-18/h2-11H,12-13H2,1H3. The Morgan fingerprint density at radius 2 is 1.88 bits per heavy atom. The number of halogens is 1. The minimum atomic E-state index is 0.654. The van der Waals surface area contributed by atoms with Crippen LogP contribution in [0.2, 0.25) is 5.15 Å². The highest BCUT2D eigenvalue weighted by Crippen LogP contribution is 2.29. The molecule has 0 saturated carbocycles. The second-order valence-electron chi connectivity index (χ2n) is 5.84. The number of aryl methyl sites for hydroxylation is 1. The van der Waals surface area contributed by atoms with Crippen LogP contribution in [0.5, 0.6) is 5.75 Å². The van der Waals surface area contributed by atoms with Gasteiger partial charge in [0.25, 0.3) is 0 Å². The van der Waals surface area contributed by atoms with Crippen molar-refractivity contribution in [3.05, 3.63) is 71.4 Å². The molecule has 0 fully saturated rings. The summed E-state index contributed by atoms with van der Waals surface area (Å²) in [5.41, 5.74) is 2.77. The monoisotopic (exact) mass is 384 g/mol. The molecular formula is C20H17ClN2O2S. The van der Waals surface area contributed by atoms with Gasteiger partial charge in [-0.3, -0.25) is 0 Å². The van der Waals surface area contributed by atoms with Gasteiger partial charge < -0.3 is 13.2 Å². The number of pyridine rings is 1. The van der Waals surface area contributed by atoms with Crippen LogP contribution < -0.4 is 4.74 Å². The number of aromatic nitrogens is 2. The van der Waals surface area contributed by atoms with Gasteiger partial charge in [-0.15, -0.1) is 0 Å². The molecule has 0 aliphatic carbocycles. The van der Waals surface area contributed by atoms with Crippen molar-refractivity contribution in [2.75, 3.05) is 7.11 Å². The topological polar surface area (TPSA) is 40.2 Å². The van der Waals surface area contributed by atoms with E-state index in [4.69, 9.17) is 25.2 Å². The quantitative estimate of drug-likeness (QED) is 0.416. The molecule has 26 heavy (non-hydrogen) atoms. The average molecular weight is 385 g/mol. The van der Waals surface area contributed by atoms with Gasteiger partial charge >= 0.3 is 0 Å². The molecule has 4 rings (SSSR count). The van der Waals surface area contributed by atoms with Crippen molar-refractivity contribution < 1.29 is 8.59 Å². The highest BCUT2D eigenvalue weighted by Gasteiger charge is 2.13. The lowest BCUT2D eigenvalue weighted by atomic mass is 10.1. The molecule has 6 heteroatoms. The summed E-state index contributed by atoms with van der Waals surface area (Å²) in [6, 6.07) is 19.7. The van der Waals surface area contributed by atoms with E-state index in [2.05, 4.69) is 12.1 Å². The number of para-hydroxylation sites is 2. The van der Waals surface area contributed by atoms with Crippen molar-refractivity contribution >= 4 is 34.3 Å². The highest BCUT2D eigenvalue weighted by atomic mass is 35.5. The molecule has 0 amide bonds. The Balaban J connectivity index is 1.73. The van der Waals surface area contributed by atoms with Gasteiger partial charge in [-0.2, -0.15) is 0 Å². The summed E-state index contributed by atoms with van der Waals surface area (Å²) in [5, 5.41) is 0.654. The summed E-state index contributed by atoms with van der Waals surface area (Å²) in [6.07, 6.45) is 0.841. The predicted octanol–water partition coefficient (Wildman–Crippen LogP) is 5.82. The SMILES string of the molecule is COc1ccc(CCn2c(Cl)ccc3soc4ccccc4nc2-3)cc1. The van der Waals surface area contributed by atoms with Gasteiger partial charge in [0.1, 0.15) is 21.3 Å². The molecule has 2 aromatic rings. The number of rotatable bonds is 4. The lowest BCUT2D eigenvalue weighted by molar-refractivity contribution is 0.414. The van der Waals surface area contributed by atoms with Crippen LogP contribution in [0.1, 0.15) is 5.56 Å². The summed E-state index contributed by atoms with van der Waals surface area (Å²) in [7, 11) is 1.67. The molecule has 2 aromatic carbocycles. The smallest absolute Gasteiger partial charge is 0.169 e. The summed E-state index contributed by atoms with van der Waals surface area (Å²) in [6.45, 7) is 0.723. The van der Waals surface area contributed by atoms with Gasteiger partial charge in [0, 0.05) is 18.2 Å². The van der Waals surface area contributed by atoms with Crippen LogP contribution in [0.3, 0.4) is 0 Å². The van der Waals surface area contributed by atoms with Crippen LogP contribution in [0.25, 0.3) is 21.8 Å². The van der Waals surface area contributed by atoms with Gasteiger partial charge in [0.15, 0.2) is 11.4 Å². The zero-order chi connectivity index (χ0) is 17.9. The van der Waals surface area contributed by atoms with Crippen LogP contribution in [0.15, 0.2) is 64.5 Å². The molecule has 132 valence electrons. The maximum absolute atomic E-state index is 6.49. The van der Waals surface area contributed by atoms with Crippen LogP contribution in [-0.4, -0.2) is 16.7 Å². The molecule has 0 radical (unpaired) electrons. The van der Waals surface area contributed by atoms with Gasteiger partial charge in [-0.25, -0.2) is 4.98 Å². The van der Waals surface area contributed by atoms with E-state index in [1.165, 1.54) is 17.2 Å². The molecule has 0 bridgehead atoms. The van der Waals surface area contributed by atoms with E-state index >= 15 is 0 Å². The number of ether oxygens (including phenoxy) is 1. The Hall–Kier alpha value is -2.50. The molecule has 2 heterocycles. The Morgan fingerprint density at radius 3 is 2.69 bits per heavy atom. The molecular weight excluding hydrogens is 368 g/mol. The minimum absolute atomic E-state index is 0.654. The summed E-state index contributed by atoms with van der Waals surface area (Å²) < 4.78 is 13.1. The first-order valence-electron chi connectivity index (χ1n) is 8.25. The van der Waals surface area contributed by atoms with Crippen LogP contribution in [0, 0.1) is 0 Å². The largest absolute Gasteiger partial charge is 0.497 e. The van der Waals surface area contributed by atoms with Crippen molar-refractivity contribution in [3.63, 3.8) is 0 Å². The molecule has 4 nitrogen and oxygen atoms in total. The lowest BCUT2D eigenvalue weighted by Gasteiger charge is -2.14. The fraction of sp³-hybridized carbons (Fsp3) is 0.150. The van der Waals surface area contributed by atoms with Crippen molar-refractivity contribution in [3.8, 4) is 16.5 Å². The minimum Gasteiger partial charge on any atom is -0.497 e. The third kappa shape index (κ3) is 3.41. The number of fused-ring (bicyclic) bond motifs is 2. The number of methoxy groups -OCH3 is 1. The van der Waals surface area contributed by atoms with E-state index in [-0.39, 0.29) is 0 Å². The maximum Gasteiger partial charge on any atom is 0.169 e. The summed E-state index contributed by atoms with van der Waals surface area (Å²) in [4.78, 5) is 5.76. The van der Waals surface area contributed by atoms with Gasteiger partial charge in [0.2, 0.25) is 0 Å². The Bertz CT molecular complexity index is 1050. The number of hydrogen-bond acceptors (Lipinski definition) is 4. The van der Waals surface area contributed by atoms with Gasteiger partial charge in [-0.05, 0) is 48.4 Å². The van der Waals surface area contributed by atoms with Crippen LogP contribution in [-0.2, 0) is 13.0 Å². The Kier molecular flexibility index (Phi) is 4.82. The number of hydrogen-bond donors (Lipinski definition) is 0. The third-order valence-corrected chi connectivity index (χ3v) is 5.29. The predicted molar refractivity (Wildman–Crippen MR) is 106 cm³/mol. The fourth-order valence-electron chi connectivity index (χ4n) is 2.79. The summed E-state index contributed by atoms with van der Waals surface area (Å²) >= 11 is 7.80. The molecule has 2 aliphatic heterocycles. The Labute approximate surface area is 160 Å². The second-order valence-corrected chi connectivity index (χ2v) is 7.00. The van der Waals surface area contributed by atoms with Crippen LogP contribution in [0.4, 0.5) is 0 Å². The van der Waals surface area contributed by atoms with Crippen molar-refractivity contribution in [2.24, 2.45) is 0 Å². The highest BCUT2D eigenvalue weighted by molar-refractivity contribution is 7.06. The van der Waals surface area contributed by atoms with Crippen molar-refractivity contribution in [2.45, 2.75) is 13.0 Å². The third-order valence-electron chi connectivity index (χ3n) is 4.20. The zero-order valence-corrected chi connectivity index (χ0v) is 15.8. The normalized spacial score (nSPS) is 11.0. The molecule has 0 aromatic heterocycles. The van der Waals surface area contributed by atoms with Gasteiger partial charge in [-0.1, -0.05) is 35.9 Å². The lowest BCUT2D eigenvalue weighted by Crippen LogP contribution is -2.08. The molecule has 0 unspecified atom stereocenters. The molecule has 2 aliphatic rings. The average Bonchev–Trinajstić information content (AvgIpc) is 2.87. The molecule has 0 spiro atoms. The zero-order valence-electron chi connectivity index (χ0n) is 14.2. The fourth-order valence-corrected chi connectivity index (χ4v) is 3.70. The Morgan fingerprint density at radius 1 is 1.08 bits per heavy atom. The molecule has 0 saturated heterocycles. The van der Waals surface area contributed by atoms with Crippen molar-refractivity contribution in [1.29, 1.82) is 0 Å². The van der Waals surface area contributed by atoms with E-state index < -0.39 is 0 Å². The first kappa shape index (κ1) is 16.9. The van der Waals surface area contributed by atoms with E-state index in [0.717, 1.165) is 40.5 Å². The summed E-state index contributed by atoms with van der Waals surface area (Å²) in [5.74, 6) is 1.68. The number of benzene rings is 2. The van der Waals surface area contributed by atoms with E-state index in [1.54, 1.807) is 7.11 Å². The molecule has 0 N–H and O–H groups in total. The number of nitrogens with zero attached hydrogens (tertiary/aromatic N) is 2. The van der Waals surface area contributed by atoms with E-state index in [1.807, 2.05) is 53.1 Å². The second kappa shape index (κ2) is 7.40. The first-order chi connectivity index (χ1) is 12.7. The molecule has 0 atom stereocenters. The first-order valence-corrected chi connectivity index (χ1v) is 9.37.